The second-order valence-corrected chi connectivity index (χ2v) is 7.80. The maximum atomic E-state index is 12.3. The number of nitrogens with one attached hydrogen (secondary N) is 3. The van der Waals surface area contributed by atoms with Crippen molar-refractivity contribution in [3.63, 3.8) is 0 Å². The molecule has 0 spiro atoms. The molecule has 3 aromatic rings. The molecule has 1 aliphatic rings. The summed E-state index contributed by atoms with van der Waals surface area (Å²) >= 11 is 0. The number of benzene rings is 1. The van der Waals surface area contributed by atoms with Gasteiger partial charge in [0.05, 0.1) is 6.20 Å². The van der Waals surface area contributed by atoms with E-state index in [1.807, 2.05) is 13.1 Å². The molecule has 0 unspecified atom stereocenters. The minimum Gasteiger partial charge on any atom is -0.373 e. The zero-order valence-electron chi connectivity index (χ0n) is 16.7. The SMILES string of the molecule is CNc1cc(Nc2cc(C)cc(C)c2)nc2c(NC(=O)C[C@@H]3C[C@@H]3C)cnn12. The fourth-order valence-corrected chi connectivity index (χ4v) is 3.61. The molecule has 146 valence electrons. The van der Waals surface area contributed by atoms with Crippen molar-refractivity contribution < 1.29 is 4.79 Å². The smallest absolute Gasteiger partial charge is 0.224 e. The van der Waals surface area contributed by atoms with E-state index < -0.39 is 0 Å². The van der Waals surface area contributed by atoms with Gasteiger partial charge in [0.15, 0.2) is 5.65 Å². The van der Waals surface area contributed by atoms with Gasteiger partial charge in [-0.15, -0.1) is 0 Å². The van der Waals surface area contributed by atoms with Gasteiger partial charge in [-0.05, 0) is 55.4 Å². The Hall–Kier alpha value is -3.09. The zero-order chi connectivity index (χ0) is 19.8. The number of amides is 1. The molecule has 1 fully saturated rings. The maximum Gasteiger partial charge on any atom is 0.224 e. The van der Waals surface area contributed by atoms with Gasteiger partial charge in [0.1, 0.15) is 17.3 Å². The fraction of sp³-hybridized carbons (Fsp3) is 0.381. The Morgan fingerprint density at radius 2 is 1.93 bits per heavy atom. The van der Waals surface area contributed by atoms with Crippen LogP contribution in [0.15, 0.2) is 30.5 Å². The van der Waals surface area contributed by atoms with Crippen molar-refractivity contribution in [3.05, 3.63) is 41.6 Å². The van der Waals surface area contributed by atoms with E-state index in [2.05, 4.69) is 60.0 Å². The Labute approximate surface area is 164 Å². The predicted octanol–water partition coefficient (Wildman–Crippen LogP) is 4.12. The molecule has 2 heterocycles. The molecule has 28 heavy (non-hydrogen) atoms. The summed E-state index contributed by atoms with van der Waals surface area (Å²) in [6.07, 6.45) is 3.34. The van der Waals surface area contributed by atoms with Crippen molar-refractivity contribution in [1.29, 1.82) is 0 Å². The van der Waals surface area contributed by atoms with Crippen LogP contribution in [0.2, 0.25) is 0 Å². The lowest BCUT2D eigenvalue weighted by molar-refractivity contribution is -0.116. The summed E-state index contributed by atoms with van der Waals surface area (Å²) in [4.78, 5) is 17.0. The number of anilines is 4. The first-order valence-electron chi connectivity index (χ1n) is 9.64. The van der Waals surface area contributed by atoms with Crippen molar-refractivity contribution in [1.82, 2.24) is 14.6 Å². The quantitative estimate of drug-likeness (QED) is 0.601. The number of nitrogens with zero attached hydrogens (tertiary/aromatic N) is 3. The monoisotopic (exact) mass is 378 g/mol. The molecule has 0 saturated heterocycles. The van der Waals surface area contributed by atoms with Gasteiger partial charge in [-0.3, -0.25) is 4.79 Å². The highest BCUT2D eigenvalue weighted by atomic mass is 16.1. The number of carbonyl (C=O) groups is 1. The van der Waals surface area contributed by atoms with Gasteiger partial charge in [0, 0.05) is 25.2 Å². The van der Waals surface area contributed by atoms with Crippen molar-refractivity contribution in [2.45, 2.75) is 33.6 Å². The molecular formula is C21H26N6O. The van der Waals surface area contributed by atoms with Crippen LogP contribution in [-0.4, -0.2) is 27.6 Å². The highest BCUT2D eigenvalue weighted by Crippen LogP contribution is 2.40. The average Bonchev–Trinajstić information content (AvgIpc) is 3.16. The van der Waals surface area contributed by atoms with E-state index in [1.165, 1.54) is 11.1 Å². The van der Waals surface area contributed by atoms with Crippen LogP contribution in [0.5, 0.6) is 0 Å². The van der Waals surface area contributed by atoms with Gasteiger partial charge in [-0.2, -0.15) is 9.61 Å². The molecule has 7 nitrogen and oxygen atoms in total. The Bertz CT molecular complexity index is 1020. The van der Waals surface area contributed by atoms with Crippen molar-refractivity contribution in [2.24, 2.45) is 11.8 Å². The van der Waals surface area contributed by atoms with Crippen LogP contribution in [0.1, 0.15) is 30.9 Å². The molecule has 0 aliphatic heterocycles. The largest absolute Gasteiger partial charge is 0.373 e. The number of aromatic nitrogens is 3. The molecule has 0 radical (unpaired) electrons. The van der Waals surface area contributed by atoms with Gasteiger partial charge >= 0.3 is 0 Å². The highest BCUT2D eigenvalue weighted by Gasteiger charge is 2.34. The van der Waals surface area contributed by atoms with E-state index in [0.717, 1.165) is 17.9 Å². The molecule has 1 saturated carbocycles. The molecule has 1 amide bonds. The Balaban J connectivity index is 1.63. The van der Waals surface area contributed by atoms with Gasteiger partial charge in [-0.25, -0.2) is 4.98 Å². The van der Waals surface area contributed by atoms with E-state index in [9.17, 15) is 4.79 Å². The minimum atomic E-state index is 0.0183. The Kier molecular flexibility index (Phi) is 4.66. The standard InChI is InChI=1S/C21H26N6O/c1-12-5-13(2)7-16(6-12)24-18-10-19(22-4)27-21(26-18)17(11-23-27)25-20(28)9-15-8-14(15)3/h5-7,10-11,14-15,22H,8-9H2,1-4H3,(H,24,26)(H,25,28)/t14-,15-/m0/s1. The second kappa shape index (κ2) is 7.14. The Morgan fingerprint density at radius 1 is 1.21 bits per heavy atom. The van der Waals surface area contributed by atoms with Crippen LogP contribution in [0.3, 0.4) is 0 Å². The molecule has 2 atom stereocenters. The molecule has 1 aromatic carbocycles. The Morgan fingerprint density at radius 3 is 2.57 bits per heavy atom. The van der Waals surface area contributed by atoms with Gasteiger partial charge < -0.3 is 16.0 Å². The summed E-state index contributed by atoms with van der Waals surface area (Å²) in [5, 5.41) is 13.9. The first-order valence-corrected chi connectivity index (χ1v) is 9.64. The number of hydrogen-bond acceptors (Lipinski definition) is 5. The van der Waals surface area contributed by atoms with Crippen LogP contribution in [0, 0.1) is 25.7 Å². The molecule has 4 rings (SSSR count). The summed E-state index contributed by atoms with van der Waals surface area (Å²) in [6.45, 7) is 6.32. The van der Waals surface area contributed by atoms with Gasteiger partial charge in [0.2, 0.25) is 5.91 Å². The third-order valence-electron chi connectivity index (χ3n) is 5.22. The molecule has 0 bridgehead atoms. The third-order valence-corrected chi connectivity index (χ3v) is 5.22. The van der Waals surface area contributed by atoms with Gasteiger partial charge in [0.25, 0.3) is 0 Å². The summed E-state index contributed by atoms with van der Waals surface area (Å²) in [6, 6.07) is 8.18. The highest BCUT2D eigenvalue weighted by molar-refractivity contribution is 5.94. The molecular weight excluding hydrogens is 352 g/mol. The fourth-order valence-electron chi connectivity index (χ4n) is 3.61. The van der Waals surface area contributed by atoms with Crippen LogP contribution < -0.4 is 16.0 Å². The number of fused-ring (bicyclic) bond motifs is 1. The lowest BCUT2D eigenvalue weighted by Gasteiger charge is -2.11. The molecule has 7 heteroatoms. The van der Waals surface area contributed by atoms with Gasteiger partial charge in [-0.1, -0.05) is 13.0 Å². The number of aryl methyl sites for hydroxylation is 2. The molecule has 3 N–H and O–H groups in total. The van der Waals surface area contributed by atoms with Crippen LogP contribution in [0.4, 0.5) is 23.0 Å². The second-order valence-electron chi connectivity index (χ2n) is 7.80. The maximum absolute atomic E-state index is 12.3. The summed E-state index contributed by atoms with van der Waals surface area (Å²) in [5.41, 5.74) is 4.58. The summed E-state index contributed by atoms with van der Waals surface area (Å²) in [7, 11) is 1.84. The van der Waals surface area contributed by atoms with E-state index in [4.69, 9.17) is 4.98 Å². The van der Waals surface area contributed by atoms with E-state index >= 15 is 0 Å². The van der Waals surface area contributed by atoms with Crippen LogP contribution >= 0.6 is 0 Å². The van der Waals surface area contributed by atoms with E-state index in [-0.39, 0.29) is 5.91 Å². The minimum absolute atomic E-state index is 0.0183. The number of carbonyl (C=O) groups excluding carboxylic acids is 1. The third kappa shape index (κ3) is 3.78. The van der Waals surface area contributed by atoms with Crippen molar-refractivity contribution in [3.8, 4) is 0 Å². The summed E-state index contributed by atoms with van der Waals surface area (Å²) < 4.78 is 1.70. The summed E-state index contributed by atoms with van der Waals surface area (Å²) in [5.74, 6) is 2.65. The van der Waals surface area contributed by atoms with Crippen molar-refractivity contribution in [2.75, 3.05) is 23.0 Å². The normalized spacial score (nSPS) is 18.1. The molecule has 1 aliphatic carbocycles. The lowest BCUT2D eigenvalue weighted by Crippen LogP contribution is -2.12. The number of rotatable bonds is 6. The van der Waals surface area contributed by atoms with Crippen LogP contribution in [-0.2, 0) is 4.79 Å². The first-order chi connectivity index (χ1) is 13.4. The number of hydrogen-bond donors (Lipinski definition) is 3. The molecule has 2 aromatic heterocycles. The predicted molar refractivity (Wildman–Crippen MR) is 112 cm³/mol. The topological polar surface area (TPSA) is 83.4 Å². The van der Waals surface area contributed by atoms with E-state index in [0.29, 0.717) is 35.4 Å². The van der Waals surface area contributed by atoms with Crippen LogP contribution in [0.25, 0.3) is 5.65 Å². The average molecular weight is 378 g/mol. The first kappa shape index (κ1) is 18.3. The van der Waals surface area contributed by atoms with E-state index in [1.54, 1.807) is 10.7 Å². The van der Waals surface area contributed by atoms with Crippen molar-refractivity contribution >= 4 is 34.6 Å². The zero-order valence-corrected chi connectivity index (χ0v) is 16.7. The lowest BCUT2D eigenvalue weighted by atomic mass is 10.1.